The summed E-state index contributed by atoms with van der Waals surface area (Å²) in [4.78, 5) is 11.9. The molecule has 7 atom stereocenters. The molecule has 268 valence electrons. The van der Waals surface area contributed by atoms with Crippen molar-refractivity contribution in [2.75, 3.05) is 11.5 Å². The van der Waals surface area contributed by atoms with Gasteiger partial charge in [-0.15, -0.1) is 5.46 Å². The molecule has 0 amide bonds. The Hall–Kier alpha value is 0.141. The Bertz CT molecular complexity index is 1200. The molecule has 0 heterocycles. The smallest absolute Gasteiger partial charge is 0.616 e. The first-order valence-corrected chi connectivity index (χ1v) is 18.7. The van der Waals surface area contributed by atoms with Crippen LogP contribution in [-0.2, 0) is 27.1 Å². The number of halogens is 8. The van der Waals surface area contributed by atoms with Crippen LogP contribution in [0.1, 0.15) is 121 Å². The van der Waals surface area contributed by atoms with Gasteiger partial charge in [0.1, 0.15) is 17.6 Å². The van der Waals surface area contributed by atoms with E-state index >= 15 is 0 Å². The van der Waals surface area contributed by atoms with Crippen LogP contribution in [0, 0.1) is 23.2 Å². The third-order valence-electron chi connectivity index (χ3n) is 11.2. The van der Waals surface area contributed by atoms with Gasteiger partial charge in [-0.05, 0) is 92.6 Å². The van der Waals surface area contributed by atoms with Crippen molar-refractivity contribution in [3.05, 3.63) is 29.3 Å². The van der Waals surface area contributed by atoms with Crippen molar-refractivity contribution < 1.29 is 100 Å². The third kappa shape index (κ3) is 10.6. The number of benzene rings is 1. The average molecular weight is 739 g/mol. The van der Waals surface area contributed by atoms with E-state index in [0.29, 0.717) is 30.4 Å². The van der Waals surface area contributed by atoms with Gasteiger partial charge in [0.15, 0.2) is 0 Å². The molecule has 0 aliphatic heterocycles. The number of carbonyl (C=O) groups is 1. The molecular weight excluding hydrogens is 690 g/mol. The van der Waals surface area contributed by atoms with E-state index in [4.69, 9.17) is 4.74 Å². The quantitative estimate of drug-likeness (QED) is 0.0632. The van der Waals surface area contributed by atoms with Crippen molar-refractivity contribution >= 4 is 29.6 Å². The minimum Gasteiger partial charge on any atom is -0.616 e. The van der Waals surface area contributed by atoms with Gasteiger partial charge in [0.05, 0.1) is 0 Å². The second kappa shape index (κ2) is 17.8. The Kier molecular flexibility index (Phi) is 15.8. The van der Waals surface area contributed by atoms with Gasteiger partial charge in [0.2, 0.25) is 0 Å². The summed E-state index contributed by atoms with van der Waals surface area (Å²) in [5, 5.41) is 0. The molecule has 4 rings (SSSR count). The number of fused-ring (bicyclic) bond motifs is 5. The van der Waals surface area contributed by atoms with E-state index in [1.165, 1.54) is 19.1 Å². The predicted molar refractivity (Wildman–Crippen MR) is 169 cm³/mol. The number of rotatable bonds is 16. The summed E-state index contributed by atoms with van der Waals surface area (Å²) < 4.78 is 122. The minimum atomic E-state index is -5.58. The van der Waals surface area contributed by atoms with Crippen LogP contribution >= 0.6 is 0 Å². The molecule has 2 saturated carbocycles. The Morgan fingerprint density at radius 3 is 2.21 bits per heavy atom. The van der Waals surface area contributed by atoms with Gasteiger partial charge in [-0.1, -0.05) is 68.4 Å². The maximum absolute atomic E-state index is 13.7. The number of ether oxygens (including phenoxy) is 1. The first-order chi connectivity index (χ1) is 21.9. The van der Waals surface area contributed by atoms with E-state index < -0.39 is 48.6 Å². The Labute approximate surface area is 325 Å². The van der Waals surface area contributed by atoms with E-state index in [0.717, 1.165) is 81.8 Å². The molecule has 2 fully saturated rings. The zero-order chi connectivity index (χ0) is 34.6. The summed E-state index contributed by atoms with van der Waals surface area (Å²) in [5.74, 6) is -3.74. The molecule has 1 aromatic carbocycles. The number of hydrogen-bond donors (Lipinski definition) is 0. The number of hydrogen-bond acceptors (Lipinski definition) is 3. The SMILES string of the molecule is CC(=O)O[C@H]1CC[C@H]2[C@@H]3[C@H](CCCCCCCCC[S+]([O-])CCCC(F)(F)C(F)(F)F)Cc4cc([B-](F)(F)F)ccc4[C@H]3CC[C@]12C.[K+]. The number of esters is 1. The van der Waals surface area contributed by atoms with Crippen molar-refractivity contribution in [2.24, 2.45) is 23.2 Å². The number of carbonyl (C=O) groups excluding carboxylic acids is 1. The van der Waals surface area contributed by atoms with Gasteiger partial charge in [0, 0.05) is 18.8 Å². The van der Waals surface area contributed by atoms with Gasteiger partial charge in [-0.25, -0.2) is 0 Å². The fraction of sp³-hybridized carbons (Fsp3) is 0.794. The topological polar surface area (TPSA) is 49.4 Å². The molecule has 48 heavy (non-hydrogen) atoms. The molecule has 14 heteroatoms. The zero-order valence-corrected chi connectivity index (χ0v) is 32.3. The van der Waals surface area contributed by atoms with Crippen LogP contribution in [0.4, 0.5) is 34.9 Å². The van der Waals surface area contributed by atoms with E-state index in [1.807, 2.05) is 0 Å². The fourth-order valence-electron chi connectivity index (χ4n) is 8.89. The summed E-state index contributed by atoms with van der Waals surface area (Å²) in [5.41, 5.74) is 1.23. The molecule has 3 aliphatic rings. The molecule has 3 nitrogen and oxygen atoms in total. The van der Waals surface area contributed by atoms with Crippen LogP contribution in [0.15, 0.2) is 18.2 Å². The summed E-state index contributed by atoms with van der Waals surface area (Å²) in [7, 11) is 0. The number of unbranched alkanes of at least 4 members (excludes halogenated alkanes) is 6. The summed E-state index contributed by atoms with van der Waals surface area (Å²) in [6.45, 7) is -1.40. The largest absolute Gasteiger partial charge is 1.00 e. The van der Waals surface area contributed by atoms with Gasteiger partial charge < -0.3 is 22.2 Å². The van der Waals surface area contributed by atoms with Crippen LogP contribution in [-0.4, -0.2) is 47.2 Å². The van der Waals surface area contributed by atoms with Crippen molar-refractivity contribution in [1.29, 1.82) is 0 Å². The normalized spacial score (nSPS) is 27.8. The van der Waals surface area contributed by atoms with Crippen molar-refractivity contribution in [2.45, 2.75) is 134 Å². The first-order valence-electron chi connectivity index (χ1n) is 17.2. The molecule has 3 aliphatic carbocycles. The van der Waals surface area contributed by atoms with Crippen molar-refractivity contribution in [3.63, 3.8) is 0 Å². The Balaban J connectivity index is 0.00000625. The van der Waals surface area contributed by atoms with Crippen molar-refractivity contribution in [3.8, 4) is 0 Å². The maximum atomic E-state index is 13.7. The van der Waals surface area contributed by atoms with E-state index in [2.05, 4.69) is 6.92 Å². The van der Waals surface area contributed by atoms with Crippen LogP contribution < -0.4 is 56.8 Å². The molecule has 0 bridgehead atoms. The fourth-order valence-corrected chi connectivity index (χ4v) is 10.1. The summed E-state index contributed by atoms with van der Waals surface area (Å²) in [6.07, 6.45) is 3.86. The molecule has 1 unspecified atom stereocenters. The average Bonchev–Trinajstić information content (AvgIpc) is 3.29. The van der Waals surface area contributed by atoms with E-state index in [9.17, 15) is 44.2 Å². The molecule has 0 N–H and O–H groups in total. The number of alkyl halides is 5. The standard InChI is InChI=1S/C34H48BF8O3S.K/c1-23(44)46-30-15-14-29-31-24(21-25-22-26(35(41,42)43)12-13-27(25)28(31)16-18-32(29,30)2)11-8-6-4-3-5-7-9-19-47(45)20-10-17-33(36,37)34(38,39)40;/h12-13,22,24,28-31H,3-11,14-21H2,1-2H3;/q-1;+1/t24-,28-,29+,30+,31-,32+,47?;/m1./s1. The monoisotopic (exact) mass is 738 g/mol. The zero-order valence-electron chi connectivity index (χ0n) is 28.4. The minimum absolute atomic E-state index is 0. The molecule has 0 radical (unpaired) electrons. The maximum Gasteiger partial charge on any atom is 1.00 e. The molecule has 0 aromatic heterocycles. The van der Waals surface area contributed by atoms with Crippen LogP contribution in [0.5, 0.6) is 0 Å². The second-order valence-corrected chi connectivity index (χ2v) is 16.1. The summed E-state index contributed by atoms with van der Waals surface area (Å²) >= 11 is -1.42. The summed E-state index contributed by atoms with van der Waals surface area (Å²) in [6, 6.07) is 4.35. The second-order valence-electron chi connectivity index (χ2n) is 14.4. The Morgan fingerprint density at radius 1 is 0.958 bits per heavy atom. The first kappa shape index (κ1) is 42.6. The molecule has 1 aromatic rings. The Morgan fingerprint density at radius 2 is 1.58 bits per heavy atom. The third-order valence-corrected chi connectivity index (χ3v) is 12.7. The van der Waals surface area contributed by atoms with Gasteiger partial charge in [-0.2, -0.15) is 22.0 Å². The van der Waals surface area contributed by atoms with Crippen LogP contribution in [0.25, 0.3) is 0 Å². The van der Waals surface area contributed by atoms with E-state index in [1.54, 1.807) is 6.07 Å². The van der Waals surface area contributed by atoms with Gasteiger partial charge in [-0.3, -0.25) is 4.79 Å². The van der Waals surface area contributed by atoms with Crippen LogP contribution in [0.2, 0.25) is 0 Å². The van der Waals surface area contributed by atoms with Gasteiger partial charge in [0.25, 0.3) is 0 Å². The molecule has 0 spiro atoms. The molecule has 0 saturated heterocycles. The predicted octanol–water partition coefficient (Wildman–Crippen LogP) is 6.61. The van der Waals surface area contributed by atoms with Crippen LogP contribution in [0.3, 0.4) is 0 Å². The molecular formula is C34H48BF8KO3S. The van der Waals surface area contributed by atoms with E-state index in [-0.39, 0.29) is 86.5 Å². The van der Waals surface area contributed by atoms with Gasteiger partial charge >= 0.3 is 76.4 Å². The van der Waals surface area contributed by atoms with Crippen molar-refractivity contribution in [1.82, 2.24) is 0 Å².